The second-order valence-electron chi connectivity index (χ2n) is 11.2. The molecule has 10 nitrogen and oxygen atoms in total. The second-order valence-corrected chi connectivity index (χ2v) is 11.2. The summed E-state index contributed by atoms with van der Waals surface area (Å²) in [6, 6.07) is 9.30. The number of fused-ring (bicyclic) bond motifs is 3. The Balaban J connectivity index is 0.00000127. The maximum atomic E-state index is 12.8. The molecule has 0 radical (unpaired) electrons. The Morgan fingerprint density at radius 1 is 1.11 bits per heavy atom. The highest BCUT2D eigenvalue weighted by Gasteiger charge is 2.50. The molecule has 1 amide bonds. The monoisotopic (exact) mass is 610 g/mol. The number of rotatable bonds is 12. The number of carbonyl (C=O) groups excluding carboxylic acids is 2. The summed E-state index contributed by atoms with van der Waals surface area (Å²) in [6.45, 7) is 14.4. The van der Waals surface area contributed by atoms with Crippen LogP contribution in [0, 0.1) is 0 Å². The summed E-state index contributed by atoms with van der Waals surface area (Å²) in [5.74, 6) is 0.806. The highest BCUT2D eigenvalue weighted by atomic mass is 16.6. The van der Waals surface area contributed by atoms with Crippen molar-refractivity contribution in [1.82, 2.24) is 14.7 Å². The lowest BCUT2D eigenvalue weighted by molar-refractivity contribution is -0.145. The Kier molecular flexibility index (Phi) is 12.6. The zero-order chi connectivity index (χ0) is 32.3. The highest BCUT2D eigenvalue weighted by Crippen LogP contribution is 2.52. The predicted octanol–water partition coefficient (Wildman–Crippen LogP) is 5.44. The first-order chi connectivity index (χ1) is 21.2. The first kappa shape index (κ1) is 34.9. The minimum atomic E-state index is -0.746. The van der Waals surface area contributed by atoms with E-state index in [0.29, 0.717) is 36.7 Å². The molecule has 2 aromatic heterocycles. The first-order valence-electron chi connectivity index (χ1n) is 16.0. The van der Waals surface area contributed by atoms with Crippen LogP contribution in [0.2, 0.25) is 0 Å². The number of nitrogens with zero attached hydrogens (tertiary/aromatic N) is 2. The molecule has 0 saturated heterocycles. The summed E-state index contributed by atoms with van der Waals surface area (Å²) in [7, 11) is 0. The highest BCUT2D eigenvalue weighted by molar-refractivity contribution is 6.07. The fraction of sp³-hybridized carbons (Fsp3) is 0.559. The van der Waals surface area contributed by atoms with Gasteiger partial charge in [-0.1, -0.05) is 46.6 Å². The number of nitrogens with one attached hydrogen (secondary N) is 2. The van der Waals surface area contributed by atoms with Crippen molar-refractivity contribution in [2.24, 2.45) is 0 Å². The molecule has 1 unspecified atom stereocenters. The minimum Gasteiger partial charge on any atom is -0.490 e. The number of hydrogen-bond donors (Lipinski definition) is 3. The lowest BCUT2D eigenvalue weighted by Gasteiger charge is -2.28. The van der Waals surface area contributed by atoms with Gasteiger partial charge in [0.05, 0.1) is 12.0 Å². The minimum absolute atomic E-state index is 0.0603. The van der Waals surface area contributed by atoms with Crippen molar-refractivity contribution in [2.45, 2.75) is 97.6 Å². The molecule has 1 spiro atoms. The van der Waals surface area contributed by atoms with Gasteiger partial charge in [0.25, 0.3) is 0 Å². The van der Waals surface area contributed by atoms with Crippen molar-refractivity contribution in [1.29, 1.82) is 0 Å². The summed E-state index contributed by atoms with van der Waals surface area (Å²) >= 11 is 0. The van der Waals surface area contributed by atoms with Gasteiger partial charge in [0.15, 0.2) is 18.0 Å². The van der Waals surface area contributed by atoms with Crippen molar-refractivity contribution in [2.75, 3.05) is 31.7 Å². The van der Waals surface area contributed by atoms with Gasteiger partial charge in [0.1, 0.15) is 18.5 Å². The molecule has 3 N–H and O–H groups in total. The normalized spacial score (nSPS) is 15.4. The van der Waals surface area contributed by atoms with Crippen LogP contribution in [0.1, 0.15) is 85.4 Å². The average molecular weight is 611 g/mol. The van der Waals surface area contributed by atoms with E-state index in [9.17, 15) is 14.7 Å². The smallest absolute Gasteiger partial charge is 0.344 e. The van der Waals surface area contributed by atoms with Crippen LogP contribution in [-0.2, 0) is 26.2 Å². The number of carbonyl (C=O) groups is 2. The average Bonchev–Trinajstić information content (AvgIpc) is 3.75. The molecular weight excluding hydrogens is 560 g/mol. The van der Waals surface area contributed by atoms with Crippen molar-refractivity contribution in [3.63, 3.8) is 0 Å². The molecule has 3 aromatic rings. The third-order valence-corrected chi connectivity index (χ3v) is 7.74. The van der Waals surface area contributed by atoms with Gasteiger partial charge in [0, 0.05) is 47.8 Å². The third-order valence-electron chi connectivity index (χ3n) is 7.74. The largest absolute Gasteiger partial charge is 0.490 e. The van der Waals surface area contributed by atoms with E-state index in [1.165, 1.54) is 0 Å². The van der Waals surface area contributed by atoms with Crippen molar-refractivity contribution in [3.8, 4) is 11.5 Å². The summed E-state index contributed by atoms with van der Waals surface area (Å²) in [4.78, 5) is 29.0. The Bertz CT molecular complexity index is 1380. The van der Waals surface area contributed by atoms with Gasteiger partial charge in [-0.2, -0.15) is 0 Å². The van der Waals surface area contributed by atoms with E-state index >= 15 is 0 Å². The number of aliphatic hydroxyl groups excluding tert-OH is 1. The maximum Gasteiger partial charge on any atom is 0.344 e. The first-order valence-corrected chi connectivity index (χ1v) is 16.0. The fourth-order valence-electron chi connectivity index (χ4n) is 5.83. The number of imidazole rings is 1. The Morgan fingerprint density at radius 3 is 2.52 bits per heavy atom. The third kappa shape index (κ3) is 7.90. The van der Waals surface area contributed by atoms with Crippen LogP contribution in [0.25, 0.3) is 5.65 Å². The van der Waals surface area contributed by atoms with E-state index in [-0.39, 0.29) is 24.7 Å². The van der Waals surface area contributed by atoms with Gasteiger partial charge in [-0.3, -0.25) is 4.79 Å². The van der Waals surface area contributed by atoms with Gasteiger partial charge in [0.2, 0.25) is 5.91 Å². The number of aromatic nitrogens is 2. The van der Waals surface area contributed by atoms with Crippen molar-refractivity contribution < 1.29 is 28.9 Å². The number of esters is 1. The molecule has 1 aromatic carbocycles. The van der Waals surface area contributed by atoms with Crippen LogP contribution in [0.3, 0.4) is 0 Å². The molecule has 10 heteroatoms. The molecule has 5 rings (SSSR count). The van der Waals surface area contributed by atoms with Gasteiger partial charge in [-0.25, -0.2) is 9.78 Å². The number of hydrogen-bond acceptors (Lipinski definition) is 8. The SMILES string of the molecule is CC.CC.CCOC(=O)COc1cccn2c(CC(C)(C)NCC(O)COc3cccc4c3C3(CCCC3)C(=O)N4)cnc12. The number of benzene rings is 1. The van der Waals surface area contributed by atoms with Crippen LogP contribution in [-0.4, -0.2) is 64.4 Å². The van der Waals surface area contributed by atoms with Gasteiger partial charge >= 0.3 is 5.97 Å². The zero-order valence-electron chi connectivity index (χ0n) is 27.4. The lowest BCUT2D eigenvalue weighted by Crippen LogP contribution is -2.46. The van der Waals surface area contributed by atoms with E-state index in [0.717, 1.165) is 42.6 Å². The topological polar surface area (TPSA) is 123 Å². The molecule has 0 bridgehead atoms. The van der Waals surface area contributed by atoms with E-state index in [1.807, 2.05) is 62.6 Å². The van der Waals surface area contributed by atoms with Crippen molar-refractivity contribution >= 4 is 23.2 Å². The van der Waals surface area contributed by atoms with E-state index in [1.54, 1.807) is 19.2 Å². The number of amides is 1. The number of pyridine rings is 1. The standard InChI is InChI=1S/C30H38N4O6.2C2H6/c1-4-38-25(36)19-40-24-11-8-14-34-20(16-31-27(24)34)15-29(2,3)32-17-21(35)18-39-23-10-7-9-22-26(23)30(28(37)33-22)12-5-6-13-30;2*1-2/h7-11,14,16,21,32,35H,4-6,12-13,15,17-19H2,1-3H3,(H,33,37);2*1-2H3. The van der Waals surface area contributed by atoms with Gasteiger partial charge in [-0.15, -0.1) is 0 Å². The summed E-state index contributed by atoms with van der Waals surface area (Å²) < 4.78 is 18.6. The molecule has 1 saturated carbocycles. The van der Waals surface area contributed by atoms with Crippen LogP contribution < -0.4 is 20.1 Å². The molecule has 3 heterocycles. The van der Waals surface area contributed by atoms with Gasteiger partial charge < -0.3 is 34.4 Å². The number of aliphatic hydroxyl groups is 1. The molecule has 1 aliphatic heterocycles. The van der Waals surface area contributed by atoms with Crippen LogP contribution in [0.5, 0.6) is 11.5 Å². The Labute approximate surface area is 261 Å². The molecule has 44 heavy (non-hydrogen) atoms. The molecule has 1 atom stereocenters. The Morgan fingerprint density at radius 2 is 1.82 bits per heavy atom. The lowest BCUT2D eigenvalue weighted by atomic mass is 9.79. The molecule has 2 aliphatic rings. The second kappa shape index (κ2) is 15.9. The number of β-amino-alcohol motifs (C(OH)–C–C–N with tert-alkyl or cyclic N) is 1. The summed E-state index contributed by atoms with van der Waals surface area (Å²) in [5.41, 5.74) is 2.47. The Hall–Kier alpha value is -3.63. The van der Waals surface area contributed by atoms with E-state index in [2.05, 4.69) is 29.5 Å². The quantitative estimate of drug-likeness (QED) is 0.232. The molecule has 242 valence electrons. The fourth-order valence-corrected chi connectivity index (χ4v) is 5.83. The maximum absolute atomic E-state index is 12.8. The van der Waals surface area contributed by atoms with E-state index in [4.69, 9.17) is 14.2 Å². The van der Waals surface area contributed by atoms with Crippen molar-refractivity contribution in [3.05, 3.63) is 54.0 Å². The molecule has 1 fully saturated rings. The van der Waals surface area contributed by atoms with Crippen LogP contribution >= 0.6 is 0 Å². The summed E-state index contributed by atoms with van der Waals surface area (Å²) in [6.07, 6.45) is 7.28. The van der Waals surface area contributed by atoms with E-state index < -0.39 is 17.5 Å². The van der Waals surface area contributed by atoms with Crippen LogP contribution in [0.15, 0.2) is 42.7 Å². The summed E-state index contributed by atoms with van der Waals surface area (Å²) in [5, 5.41) is 17.2. The molecule has 1 aliphatic carbocycles. The van der Waals surface area contributed by atoms with Gasteiger partial charge in [-0.05, 0) is 57.9 Å². The predicted molar refractivity (Wildman–Crippen MR) is 173 cm³/mol. The zero-order valence-corrected chi connectivity index (χ0v) is 27.4. The molecular formula is C34H50N4O6. The number of anilines is 1. The number of ether oxygens (including phenoxy) is 3. The van der Waals surface area contributed by atoms with Crippen LogP contribution in [0.4, 0.5) is 5.69 Å².